The van der Waals surface area contributed by atoms with Crippen LogP contribution in [0.2, 0.25) is 0 Å². The number of anilines is 1. The van der Waals surface area contributed by atoms with Crippen molar-refractivity contribution in [3.05, 3.63) is 59.2 Å². The van der Waals surface area contributed by atoms with E-state index in [0.717, 1.165) is 17.7 Å². The van der Waals surface area contributed by atoms with E-state index in [0.29, 0.717) is 24.5 Å². The number of benzene rings is 2. The van der Waals surface area contributed by atoms with Gasteiger partial charge >= 0.3 is 6.18 Å². The predicted molar refractivity (Wildman–Crippen MR) is 106 cm³/mol. The Morgan fingerprint density at radius 1 is 1.23 bits per heavy atom. The van der Waals surface area contributed by atoms with E-state index in [1.807, 2.05) is 13.8 Å². The van der Waals surface area contributed by atoms with Gasteiger partial charge in [0.1, 0.15) is 5.75 Å². The fourth-order valence-electron chi connectivity index (χ4n) is 3.31. The zero-order chi connectivity index (χ0) is 22.1. The number of carbonyl (C=O) groups is 2. The number of halogens is 3. The Labute approximate surface area is 172 Å². The first-order valence-corrected chi connectivity index (χ1v) is 9.61. The molecule has 0 bridgehead atoms. The smallest absolute Gasteiger partial charge is 0.416 e. The van der Waals surface area contributed by atoms with E-state index in [-0.39, 0.29) is 17.4 Å². The second-order valence-corrected chi connectivity index (χ2v) is 7.73. The van der Waals surface area contributed by atoms with Gasteiger partial charge in [0.05, 0.1) is 5.56 Å². The first-order valence-electron chi connectivity index (χ1n) is 9.61. The lowest BCUT2D eigenvalue weighted by molar-refractivity contribution is -0.138. The molecule has 30 heavy (non-hydrogen) atoms. The first-order chi connectivity index (χ1) is 14.0. The van der Waals surface area contributed by atoms with E-state index in [1.165, 1.54) is 12.1 Å². The molecule has 0 fully saturated rings. The minimum Gasteiger partial charge on any atom is -0.481 e. The average Bonchev–Trinajstić information content (AvgIpc) is 2.78. The highest BCUT2D eigenvalue weighted by molar-refractivity contribution is 6.04. The molecule has 3 rings (SSSR count). The van der Waals surface area contributed by atoms with Crippen LogP contribution in [-0.2, 0) is 17.5 Å². The van der Waals surface area contributed by atoms with E-state index in [4.69, 9.17) is 4.74 Å². The van der Waals surface area contributed by atoms with Crippen LogP contribution in [0.15, 0.2) is 42.5 Å². The van der Waals surface area contributed by atoms with Crippen molar-refractivity contribution in [3.8, 4) is 5.75 Å². The Hall–Kier alpha value is -3.03. The van der Waals surface area contributed by atoms with Crippen molar-refractivity contribution >= 4 is 17.5 Å². The summed E-state index contributed by atoms with van der Waals surface area (Å²) in [6.07, 6.45) is -5.16. The molecule has 0 saturated heterocycles. The van der Waals surface area contributed by atoms with Crippen LogP contribution >= 0.6 is 0 Å². The molecule has 2 aromatic carbocycles. The van der Waals surface area contributed by atoms with Gasteiger partial charge in [-0.2, -0.15) is 13.2 Å². The van der Waals surface area contributed by atoms with Crippen molar-refractivity contribution in [1.29, 1.82) is 0 Å². The lowest BCUT2D eigenvalue weighted by Crippen LogP contribution is -2.39. The van der Waals surface area contributed by atoms with Crippen molar-refractivity contribution in [2.45, 2.75) is 39.6 Å². The standard InChI is InChI=1S/C22H23F3N2O3/c1-13(2)11-27-12-16-10-18(7-8-19(16)30-14(3)21(27)29)26-20(28)15-5-4-6-17(9-15)22(23,24)25/h4-10,13-14H,11-12H2,1-3H3,(H,26,28). The highest BCUT2D eigenvalue weighted by Gasteiger charge is 2.31. The van der Waals surface area contributed by atoms with Crippen molar-refractivity contribution in [2.75, 3.05) is 11.9 Å². The van der Waals surface area contributed by atoms with Crippen LogP contribution in [0.1, 0.15) is 42.3 Å². The summed E-state index contributed by atoms with van der Waals surface area (Å²) in [5.41, 5.74) is 0.144. The third-order valence-electron chi connectivity index (χ3n) is 4.68. The maximum atomic E-state index is 12.9. The Morgan fingerprint density at radius 2 is 1.97 bits per heavy atom. The van der Waals surface area contributed by atoms with Crippen LogP contribution in [-0.4, -0.2) is 29.4 Å². The third kappa shape index (κ3) is 4.93. The number of ether oxygens (including phenoxy) is 1. The van der Waals surface area contributed by atoms with Crippen molar-refractivity contribution in [3.63, 3.8) is 0 Å². The molecule has 0 aromatic heterocycles. The highest BCUT2D eigenvalue weighted by atomic mass is 19.4. The number of nitrogens with zero attached hydrogens (tertiary/aromatic N) is 1. The molecule has 1 unspecified atom stereocenters. The van der Waals surface area contributed by atoms with Gasteiger partial charge in [-0.1, -0.05) is 19.9 Å². The molecule has 0 aliphatic carbocycles. The third-order valence-corrected chi connectivity index (χ3v) is 4.68. The summed E-state index contributed by atoms with van der Waals surface area (Å²) in [4.78, 5) is 26.7. The fourth-order valence-corrected chi connectivity index (χ4v) is 3.31. The highest BCUT2D eigenvalue weighted by Crippen LogP contribution is 2.31. The Bertz CT molecular complexity index is 957. The number of nitrogens with one attached hydrogen (secondary N) is 1. The average molecular weight is 420 g/mol. The molecule has 8 heteroatoms. The Morgan fingerprint density at radius 3 is 2.63 bits per heavy atom. The monoisotopic (exact) mass is 420 g/mol. The van der Waals surface area contributed by atoms with E-state index < -0.39 is 23.8 Å². The molecule has 160 valence electrons. The van der Waals surface area contributed by atoms with Gasteiger partial charge in [-0.25, -0.2) is 0 Å². The topological polar surface area (TPSA) is 58.6 Å². The molecule has 5 nitrogen and oxygen atoms in total. The Balaban J connectivity index is 1.83. The van der Waals surface area contributed by atoms with Gasteiger partial charge in [-0.3, -0.25) is 9.59 Å². The number of hydrogen-bond acceptors (Lipinski definition) is 3. The van der Waals surface area contributed by atoms with Gasteiger partial charge in [-0.15, -0.1) is 0 Å². The molecule has 1 N–H and O–H groups in total. The molecule has 2 amide bonds. The second kappa shape index (κ2) is 8.38. The largest absolute Gasteiger partial charge is 0.481 e. The number of alkyl halides is 3. The molecule has 0 spiro atoms. The predicted octanol–water partition coefficient (Wildman–Crippen LogP) is 4.72. The van der Waals surface area contributed by atoms with Crippen molar-refractivity contribution in [1.82, 2.24) is 4.90 Å². The van der Waals surface area contributed by atoms with Crippen molar-refractivity contribution < 1.29 is 27.5 Å². The first kappa shape index (κ1) is 21.7. The zero-order valence-corrected chi connectivity index (χ0v) is 16.9. The van der Waals surface area contributed by atoms with Crippen LogP contribution in [0.25, 0.3) is 0 Å². The number of rotatable bonds is 4. The summed E-state index contributed by atoms with van der Waals surface area (Å²) in [5.74, 6) is 0.0409. The molecule has 1 atom stereocenters. The normalized spacial score (nSPS) is 16.7. The number of fused-ring (bicyclic) bond motifs is 1. The summed E-state index contributed by atoms with van der Waals surface area (Å²) >= 11 is 0. The van der Waals surface area contributed by atoms with Crippen LogP contribution in [0.3, 0.4) is 0 Å². The number of carbonyl (C=O) groups excluding carboxylic acids is 2. The molecule has 1 heterocycles. The minimum atomic E-state index is -4.53. The molecule has 1 aliphatic rings. The van der Waals surface area contributed by atoms with E-state index in [2.05, 4.69) is 5.32 Å². The number of amides is 2. The quantitative estimate of drug-likeness (QED) is 0.779. The van der Waals surface area contributed by atoms with Gasteiger partial charge in [0.15, 0.2) is 6.10 Å². The number of hydrogen-bond donors (Lipinski definition) is 1. The van der Waals surface area contributed by atoms with E-state index in [9.17, 15) is 22.8 Å². The van der Waals surface area contributed by atoms with E-state index >= 15 is 0 Å². The van der Waals surface area contributed by atoms with Crippen molar-refractivity contribution in [2.24, 2.45) is 5.92 Å². The summed E-state index contributed by atoms with van der Waals surface area (Å²) in [5, 5.41) is 2.62. The second-order valence-electron chi connectivity index (χ2n) is 7.73. The van der Waals surface area contributed by atoms with Gasteiger partial charge in [-0.05, 0) is 49.2 Å². The Kier molecular flexibility index (Phi) is 6.05. The molecule has 1 aliphatic heterocycles. The lowest BCUT2D eigenvalue weighted by atomic mass is 10.1. The summed E-state index contributed by atoms with van der Waals surface area (Å²) in [6.45, 7) is 6.59. The summed E-state index contributed by atoms with van der Waals surface area (Å²) in [7, 11) is 0. The molecule has 0 saturated carbocycles. The van der Waals surface area contributed by atoms with Gasteiger partial charge in [0.25, 0.3) is 11.8 Å². The minimum absolute atomic E-state index is 0.0961. The maximum Gasteiger partial charge on any atom is 0.416 e. The molecule has 0 radical (unpaired) electrons. The molecule has 2 aromatic rings. The van der Waals surface area contributed by atoms with Crippen LogP contribution in [0, 0.1) is 5.92 Å². The van der Waals surface area contributed by atoms with Crippen LogP contribution in [0.5, 0.6) is 5.75 Å². The molecular formula is C22H23F3N2O3. The van der Waals surface area contributed by atoms with Crippen LogP contribution in [0.4, 0.5) is 18.9 Å². The van der Waals surface area contributed by atoms with E-state index in [1.54, 1.807) is 30.0 Å². The van der Waals surface area contributed by atoms with Gasteiger partial charge in [0, 0.05) is 29.9 Å². The summed E-state index contributed by atoms with van der Waals surface area (Å²) < 4.78 is 44.4. The SMILES string of the molecule is CC(C)CN1Cc2cc(NC(=O)c3cccc(C(F)(F)F)c3)ccc2OC(C)C1=O. The lowest BCUT2D eigenvalue weighted by Gasteiger charge is -2.24. The van der Waals surface area contributed by atoms with Crippen LogP contribution < -0.4 is 10.1 Å². The molecular weight excluding hydrogens is 397 g/mol. The fraction of sp³-hybridized carbons (Fsp3) is 0.364. The zero-order valence-electron chi connectivity index (χ0n) is 16.9. The van der Waals surface area contributed by atoms with Gasteiger partial charge < -0.3 is 15.0 Å². The maximum absolute atomic E-state index is 12.9. The van der Waals surface area contributed by atoms with Gasteiger partial charge in [0.2, 0.25) is 0 Å². The summed E-state index contributed by atoms with van der Waals surface area (Å²) in [6, 6.07) is 9.17.